The molecule has 4 aromatic rings. The Labute approximate surface area is 194 Å². The minimum Gasteiger partial charge on any atom is -0.404 e. The highest BCUT2D eigenvalue weighted by molar-refractivity contribution is 6.31. The molecule has 3 fully saturated rings. The number of nitrogens with zero attached hydrogens (tertiary/aromatic N) is 6. The lowest BCUT2D eigenvalue weighted by molar-refractivity contribution is -0.0503. The molecule has 1 aromatic carbocycles. The first-order valence-corrected chi connectivity index (χ1v) is 11.4. The Kier molecular flexibility index (Phi) is 4.79. The van der Waals surface area contributed by atoms with Gasteiger partial charge in [0, 0.05) is 23.8 Å². The molecule has 9 nitrogen and oxygen atoms in total. The van der Waals surface area contributed by atoms with Gasteiger partial charge in [0.05, 0.1) is 29.7 Å². The first-order valence-electron chi connectivity index (χ1n) is 11.0. The summed E-state index contributed by atoms with van der Waals surface area (Å²) < 4.78 is 5.72. The van der Waals surface area contributed by atoms with E-state index in [0.717, 1.165) is 12.8 Å². The molecule has 2 unspecified atom stereocenters. The summed E-state index contributed by atoms with van der Waals surface area (Å²) in [6.45, 7) is 2.75. The van der Waals surface area contributed by atoms with Gasteiger partial charge < -0.3 is 14.6 Å². The number of carbonyl (C=O) groups excluding carboxylic acids is 1. The molecule has 3 aromatic heterocycles. The number of amides is 1. The van der Waals surface area contributed by atoms with Crippen molar-refractivity contribution in [3.8, 4) is 5.69 Å². The largest absolute Gasteiger partial charge is 0.404 e. The molecule has 2 bridgehead atoms. The molecule has 3 aliphatic rings. The molecule has 2 atom stereocenters. The Morgan fingerprint density at radius 1 is 1.21 bits per heavy atom. The van der Waals surface area contributed by atoms with Crippen LogP contribution in [0.5, 0.6) is 0 Å². The predicted molar refractivity (Wildman–Crippen MR) is 122 cm³/mol. The monoisotopic (exact) mass is 463 g/mol. The molecule has 1 N–H and O–H groups in total. The number of pyridine rings is 1. The van der Waals surface area contributed by atoms with E-state index >= 15 is 0 Å². The molecule has 33 heavy (non-hydrogen) atoms. The van der Waals surface area contributed by atoms with E-state index in [9.17, 15) is 4.79 Å². The van der Waals surface area contributed by atoms with Gasteiger partial charge in [-0.15, -0.1) is 0 Å². The maximum Gasteiger partial charge on any atom is 0.297 e. The molecule has 10 heteroatoms. The van der Waals surface area contributed by atoms with Crippen molar-refractivity contribution in [3.05, 3.63) is 59.5 Å². The average molecular weight is 464 g/mol. The molecule has 0 radical (unpaired) electrons. The number of nitrogens with one attached hydrogen (secondary N) is 1. The summed E-state index contributed by atoms with van der Waals surface area (Å²) in [7, 11) is 0. The number of hydrogen-bond acceptors (Lipinski definition) is 7. The third-order valence-corrected chi connectivity index (χ3v) is 7.17. The number of piperidine rings is 2. The van der Waals surface area contributed by atoms with Gasteiger partial charge in [-0.3, -0.25) is 4.79 Å². The van der Waals surface area contributed by atoms with Gasteiger partial charge in [-0.05, 0) is 55.0 Å². The molecule has 7 rings (SSSR count). The number of oxazole rings is 1. The minimum atomic E-state index is -0.0640. The minimum absolute atomic E-state index is 0.0182. The van der Waals surface area contributed by atoms with Gasteiger partial charge in [0.25, 0.3) is 11.9 Å². The molecule has 2 saturated heterocycles. The van der Waals surface area contributed by atoms with Crippen molar-refractivity contribution in [2.75, 3.05) is 11.9 Å². The zero-order valence-corrected chi connectivity index (χ0v) is 18.7. The zero-order valence-electron chi connectivity index (χ0n) is 17.9. The van der Waals surface area contributed by atoms with Crippen molar-refractivity contribution in [2.45, 2.75) is 31.8 Å². The van der Waals surface area contributed by atoms with E-state index in [1.807, 2.05) is 17.0 Å². The van der Waals surface area contributed by atoms with Crippen LogP contribution in [0.15, 0.2) is 53.3 Å². The average Bonchev–Trinajstić information content (AvgIpc) is 3.46. The van der Waals surface area contributed by atoms with Gasteiger partial charge in [0.15, 0.2) is 0 Å². The molecule has 1 amide bonds. The number of carbonyl (C=O) groups is 1. The first-order chi connectivity index (χ1) is 16.1. The van der Waals surface area contributed by atoms with E-state index in [1.54, 1.807) is 36.8 Å². The normalized spacial score (nSPS) is 24.0. The van der Waals surface area contributed by atoms with E-state index < -0.39 is 0 Å². The second-order valence-electron chi connectivity index (χ2n) is 8.73. The lowest BCUT2D eigenvalue weighted by Gasteiger charge is -2.57. The van der Waals surface area contributed by atoms with Gasteiger partial charge in [0.1, 0.15) is 5.52 Å². The Balaban J connectivity index is 1.31. The fourth-order valence-corrected chi connectivity index (χ4v) is 5.27. The summed E-state index contributed by atoms with van der Waals surface area (Å²) in [6.07, 6.45) is 6.89. The van der Waals surface area contributed by atoms with Crippen LogP contribution in [-0.4, -0.2) is 54.4 Å². The summed E-state index contributed by atoms with van der Waals surface area (Å²) in [6, 6.07) is 9.50. The molecular weight excluding hydrogens is 442 g/mol. The van der Waals surface area contributed by atoms with Crippen molar-refractivity contribution < 1.29 is 9.21 Å². The van der Waals surface area contributed by atoms with Crippen LogP contribution in [0, 0.1) is 11.8 Å². The fourth-order valence-electron chi connectivity index (χ4n) is 5.10. The number of rotatable bonds is 5. The first kappa shape index (κ1) is 20.2. The zero-order chi connectivity index (χ0) is 22.5. The van der Waals surface area contributed by atoms with Crippen molar-refractivity contribution in [2.24, 2.45) is 11.8 Å². The molecule has 0 spiro atoms. The quantitative estimate of drug-likeness (QED) is 0.480. The van der Waals surface area contributed by atoms with Crippen LogP contribution in [-0.2, 0) is 0 Å². The number of fused-ring (bicyclic) bond motifs is 3. The molecule has 2 aliphatic heterocycles. The summed E-state index contributed by atoms with van der Waals surface area (Å²) in [5.41, 5.74) is 2.29. The standard InChI is InChI=1S/C23H22ClN7O2/c1-13-14-9-16(10-14)30(20(13)12-26-23-29-18-3-2-6-25-21(18)33-23)22(32)17-11-15(24)4-5-19(17)31-27-7-8-28-31/h2-8,11,13-14,16,20H,9-10,12H2,1H3,(H,26,29). The van der Waals surface area contributed by atoms with E-state index in [1.165, 1.54) is 4.80 Å². The number of hydrogen-bond donors (Lipinski definition) is 1. The van der Waals surface area contributed by atoms with Crippen LogP contribution < -0.4 is 5.32 Å². The van der Waals surface area contributed by atoms with Gasteiger partial charge in [-0.2, -0.15) is 20.0 Å². The Hall–Kier alpha value is -3.46. The highest BCUT2D eigenvalue weighted by atomic mass is 35.5. The van der Waals surface area contributed by atoms with Crippen molar-refractivity contribution >= 4 is 34.8 Å². The second kappa shape index (κ2) is 7.84. The van der Waals surface area contributed by atoms with Gasteiger partial charge in [0.2, 0.25) is 5.71 Å². The summed E-state index contributed by atoms with van der Waals surface area (Å²) in [5.74, 6) is 0.882. The van der Waals surface area contributed by atoms with Crippen molar-refractivity contribution in [1.29, 1.82) is 0 Å². The summed E-state index contributed by atoms with van der Waals surface area (Å²) in [4.78, 5) is 26.1. The second-order valence-corrected chi connectivity index (χ2v) is 9.17. The maximum atomic E-state index is 13.9. The molecule has 168 valence electrons. The van der Waals surface area contributed by atoms with Crippen LogP contribution in [0.25, 0.3) is 16.9 Å². The lowest BCUT2D eigenvalue weighted by Crippen LogP contribution is -2.64. The van der Waals surface area contributed by atoms with Crippen molar-refractivity contribution in [1.82, 2.24) is 29.9 Å². The smallest absolute Gasteiger partial charge is 0.297 e. The van der Waals surface area contributed by atoms with E-state index in [0.29, 0.717) is 51.9 Å². The number of anilines is 1. The SMILES string of the molecule is CC1C2CC(C2)N(C(=O)c2cc(Cl)ccc2-n2nccn2)C1CNc1nc2cccnc2o1. The van der Waals surface area contributed by atoms with Crippen LogP contribution in [0.3, 0.4) is 0 Å². The third kappa shape index (κ3) is 3.43. The molecular formula is C23H22ClN7O2. The Morgan fingerprint density at radius 2 is 2.03 bits per heavy atom. The summed E-state index contributed by atoms with van der Waals surface area (Å²) in [5, 5.41) is 12.2. The van der Waals surface area contributed by atoms with Gasteiger partial charge in [-0.1, -0.05) is 18.5 Å². The van der Waals surface area contributed by atoms with Crippen LogP contribution in [0.1, 0.15) is 30.1 Å². The highest BCUT2D eigenvalue weighted by Crippen LogP contribution is 2.47. The highest BCUT2D eigenvalue weighted by Gasteiger charge is 2.50. The molecule has 1 aliphatic carbocycles. The van der Waals surface area contributed by atoms with Crippen LogP contribution in [0.4, 0.5) is 6.01 Å². The Bertz CT molecular complexity index is 1280. The third-order valence-electron chi connectivity index (χ3n) is 6.94. The van der Waals surface area contributed by atoms with E-state index in [2.05, 4.69) is 32.4 Å². The predicted octanol–water partition coefficient (Wildman–Crippen LogP) is 3.81. The number of halogens is 1. The molecule has 1 saturated carbocycles. The summed E-state index contributed by atoms with van der Waals surface area (Å²) >= 11 is 6.29. The lowest BCUT2D eigenvalue weighted by atomic mass is 9.64. The Morgan fingerprint density at radius 3 is 2.82 bits per heavy atom. The van der Waals surface area contributed by atoms with Crippen LogP contribution in [0.2, 0.25) is 5.02 Å². The fraction of sp³-hybridized carbons (Fsp3) is 0.348. The number of aromatic nitrogens is 5. The topological polar surface area (TPSA) is 102 Å². The number of benzene rings is 1. The van der Waals surface area contributed by atoms with E-state index in [-0.39, 0.29) is 18.0 Å². The van der Waals surface area contributed by atoms with E-state index in [4.69, 9.17) is 16.0 Å². The maximum absolute atomic E-state index is 13.9. The molecule has 5 heterocycles. The van der Waals surface area contributed by atoms with Gasteiger partial charge >= 0.3 is 0 Å². The van der Waals surface area contributed by atoms with Gasteiger partial charge in [-0.25, -0.2) is 4.98 Å². The van der Waals surface area contributed by atoms with Crippen LogP contribution >= 0.6 is 11.6 Å². The van der Waals surface area contributed by atoms with Crippen molar-refractivity contribution in [3.63, 3.8) is 0 Å².